The number of rotatable bonds is 5. The zero-order valence-electron chi connectivity index (χ0n) is 11.9. The van der Waals surface area contributed by atoms with E-state index in [1.165, 1.54) is 29.5 Å². The van der Waals surface area contributed by atoms with Gasteiger partial charge >= 0.3 is 12.2 Å². The van der Waals surface area contributed by atoms with Gasteiger partial charge in [0, 0.05) is 11.4 Å². The maximum atomic E-state index is 12.8. The fraction of sp³-hybridized carbons (Fsp3) is 0.267. The predicted octanol–water partition coefficient (Wildman–Crippen LogP) is 4.01. The lowest BCUT2D eigenvalue weighted by molar-refractivity contribution is -0.136. The van der Waals surface area contributed by atoms with Crippen LogP contribution in [0.25, 0.3) is 0 Å². The molecule has 4 nitrogen and oxygen atoms in total. The SMILES string of the molecule is O=C(NCCC(O)c1cccs1)Nc1ccccc1C(F)(F)F. The number of carbonyl (C=O) groups excluding carboxylic acids is 1. The van der Waals surface area contributed by atoms with Crippen molar-refractivity contribution in [3.05, 3.63) is 52.2 Å². The third-order valence-corrected chi connectivity index (χ3v) is 4.03. The molecule has 0 saturated heterocycles. The highest BCUT2D eigenvalue weighted by Gasteiger charge is 2.33. The topological polar surface area (TPSA) is 61.4 Å². The monoisotopic (exact) mass is 344 g/mol. The smallest absolute Gasteiger partial charge is 0.388 e. The lowest BCUT2D eigenvalue weighted by Gasteiger charge is -2.14. The number of benzene rings is 1. The third-order valence-electron chi connectivity index (χ3n) is 3.06. The zero-order chi connectivity index (χ0) is 16.9. The largest absolute Gasteiger partial charge is 0.418 e. The molecule has 3 N–H and O–H groups in total. The first-order chi connectivity index (χ1) is 10.9. The van der Waals surface area contributed by atoms with Crippen LogP contribution < -0.4 is 10.6 Å². The summed E-state index contributed by atoms with van der Waals surface area (Å²) < 4.78 is 38.4. The first-order valence-electron chi connectivity index (χ1n) is 6.80. The van der Waals surface area contributed by atoms with Gasteiger partial charge in [0.15, 0.2) is 0 Å². The standard InChI is InChI=1S/C15H15F3N2O2S/c16-15(17,18)10-4-1-2-5-11(10)20-14(22)19-8-7-12(21)13-6-3-9-23-13/h1-6,9,12,21H,7-8H2,(H2,19,20,22). The molecule has 23 heavy (non-hydrogen) atoms. The summed E-state index contributed by atoms with van der Waals surface area (Å²) in [4.78, 5) is 12.5. The van der Waals surface area contributed by atoms with Crippen molar-refractivity contribution >= 4 is 23.1 Å². The number of nitrogens with one attached hydrogen (secondary N) is 2. The van der Waals surface area contributed by atoms with Crippen molar-refractivity contribution in [2.75, 3.05) is 11.9 Å². The minimum absolute atomic E-state index is 0.138. The summed E-state index contributed by atoms with van der Waals surface area (Å²) >= 11 is 1.39. The van der Waals surface area contributed by atoms with E-state index in [0.717, 1.165) is 10.9 Å². The summed E-state index contributed by atoms with van der Waals surface area (Å²) in [5.74, 6) is 0. The molecule has 1 heterocycles. The van der Waals surface area contributed by atoms with E-state index in [0.29, 0.717) is 0 Å². The number of anilines is 1. The van der Waals surface area contributed by atoms with Gasteiger partial charge < -0.3 is 15.7 Å². The molecule has 1 unspecified atom stereocenters. The second-order valence-electron chi connectivity index (χ2n) is 4.74. The number of alkyl halides is 3. The molecular weight excluding hydrogens is 329 g/mol. The number of urea groups is 1. The van der Waals surface area contributed by atoms with Gasteiger partial charge in [-0.15, -0.1) is 11.3 Å². The summed E-state index contributed by atoms with van der Waals surface area (Å²) in [5, 5.41) is 16.3. The molecule has 0 spiro atoms. The first kappa shape index (κ1) is 17.3. The van der Waals surface area contributed by atoms with Crippen LogP contribution in [0, 0.1) is 0 Å². The molecule has 0 aliphatic heterocycles. The molecule has 2 amide bonds. The molecule has 0 bridgehead atoms. The van der Waals surface area contributed by atoms with Crippen LogP contribution in [0.2, 0.25) is 0 Å². The van der Waals surface area contributed by atoms with Crippen LogP contribution in [0.5, 0.6) is 0 Å². The number of hydrogen-bond acceptors (Lipinski definition) is 3. The maximum absolute atomic E-state index is 12.8. The number of para-hydroxylation sites is 1. The highest BCUT2D eigenvalue weighted by Crippen LogP contribution is 2.34. The Balaban J connectivity index is 1.86. The van der Waals surface area contributed by atoms with Gasteiger partial charge in [0.2, 0.25) is 0 Å². The van der Waals surface area contributed by atoms with Crippen molar-refractivity contribution in [1.29, 1.82) is 0 Å². The van der Waals surface area contributed by atoms with Gasteiger partial charge in [0.25, 0.3) is 0 Å². The van der Waals surface area contributed by atoms with E-state index >= 15 is 0 Å². The second-order valence-corrected chi connectivity index (χ2v) is 5.72. The average molecular weight is 344 g/mol. The van der Waals surface area contributed by atoms with E-state index in [1.807, 2.05) is 5.38 Å². The Labute approximate surface area is 135 Å². The van der Waals surface area contributed by atoms with Crippen LogP contribution in [0.1, 0.15) is 23.0 Å². The molecule has 0 radical (unpaired) electrons. The molecule has 0 aliphatic rings. The quantitative estimate of drug-likeness (QED) is 0.767. The summed E-state index contributed by atoms with van der Waals surface area (Å²) in [6.07, 6.45) is -4.98. The highest BCUT2D eigenvalue weighted by atomic mass is 32.1. The van der Waals surface area contributed by atoms with E-state index in [2.05, 4.69) is 10.6 Å². The number of carbonyl (C=O) groups is 1. The molecule has 1 aromatic carbocycles. The van der Waals surface area contributed by atoms with Gasteiger partial charge in [-0.05, 0) is 30.0 Å². The normalized spacial score (nSPS) is 12.7. The Kier molecular flexibility index (Phi) is 5.62. The van der Waals surface area contributed by atoms with E-state index in [-0.39, 0.29) is 18.7 Å². The van der Waals surface area contributed by atoms with Gasteiger partial charge in [-0.3, -0.25) is 0 Å². The predicted molar refractivity (Wildman–Crippen MR) is 82.4 cm³/mol. The van der Waals surface area contributed by atoms with Crippen molar-refractivity contribution in [1.82, 2.24) is 5.32 Å². The number of amides is 2. The maximum Gasteiger partial charge on any atom is 0.418 e. The minimum atomic E-state index is -4.54. The van der Waals surface area contributed by atoms with Crippen molar-refractivity contribution in [3.63, 3.8) is 0 Å². The lowest BCUT2D eigenvalue weighted by atomic mass is 10.1. The Morgan fingerprint density at radius 2 is 1.96 bits per heavy atom. The fourth-order valence-electron chi connectivity index (χ4n) is 1.95. The Morgan fingerprint density at radius 3 is 2.61 bits per heavy atom. The molecule has 2 rings (SSSR count). The third kappa shape index (κ3) is 4.97. The van der Waals surface area contributed by atoms with Gasteiger partial charge in [-0.2, -0.15) is 13.2 Å². The number of halogens is 3. The van der Waals surface area contributed by atoms with Gasteiger partial charge in [-0.1, -0.05) is 18.2 Å². The molecule has 0 saturated carbocycles. The van der Waals surface area contributed by atoms with Crippen LogP contribution >= 0.6 is 11.3 Å². The minimum Gasteiger partial charge on any atom is -0.388 e. The van der Waals surface area contributed by atoms with E-state index in [1.54, 1.807) is 12.1 Å². The summed E-state index contributed by atoms with van der Waals surface area (Å²) in [7, 11) is 0. The molecular formula is C15H15F3N2O2S. The van der Waals surface area contributed by atoms with Crippen LogP contribution in [0.15, 0.2) is 41.8 Å². The Bertz CT molecular complexity index is 644. The number of aliphatic hydroxyl groups is 1. The van der Waals surface area contributed by atoms with Crippen LogP contribution in [-0.2, 0) is 6.18 Å². The molecule has 0 fully saturated rings. The van der Waals surface area contributed by atoms with Crippen LogP contribution in [0.4, 0.5) is 23.7 Å². The van der Waals surface area contributed by atoms with Crippen LogP contribution in [0.3, 0.4) is 0 Å². The van der Waals surface area contributed by atoms with E-state index in [9.17, 15) is 23.1 Å². The number of thiophene rings is 1. The van der Waals surface area contributed by atoms with Crippen molar-refractivity contribution in [2.24, 2.45) is 0 Å². The Morgan fingerprint density at radius 1 is 1.22 bits per heavy atom. The van der Waals surface area contributed by atoms with Gasteiger partial charge in [0.1, 0.15) is 0 Å². The van der Waals surface area contributed by atoms with Crippen LogP contribution in [-0.4, -0.2) is 17.7 Å². The van der Waals surface area contributed by atoms with Crippen molar-refractivity contribution < 1.29 is 23.1 Å². The molecule has 2 aromatic rings. The average Bonchev–Trinajstić information content (AvgIpc) is 3.01. The summed E-state index contributed by atoms with van der Waals surface area (Å²) in [5.41, 5.74) is -1.22. The molecule has 8 heteroatoms. The van der Waals surface area contributed by atoms with Gasteiger partial charge in [0.05, 0.1) is 17.4 Å². The zero-order valence-corrected chi connectivity index (χ0v) is 12.7. The molecule has 124 valence electrons. The highest BCUT2D eigenvalue weighted by molar-refractivity contribution is 7.10. The number of hydrogen-bond donors (Lipinski definition) is 3. The Hall–Kier alpha value is -2.06. The van der Waals surface area contributed by atoms with Crippen molar-refractivity contribution in [2.45, 2.75) is 18.7 Å². The summed E-state index contributed by atoms with van der Waals surface area (Å²) in [6, 6.07) is 7.57. The van der Waals surface area contributed by atoms with E-state index in [4.69, 9.17) is 0 Å². The first-order valence-corrected chi connectivity index (χ1v) is 7.68. The molecule has 1 atom stereocenters. The molecule has 0 aliphatic carbocycles. The number of aliphatic hydroxyl groups excluding tert-OH is 1. The second kappa shape index (κ2) is 7.47. The van der Waals surface area contributed by atoms with Crippen molar-refractivity contribution in [3.8, 4) is 0 Å². The summed E-state index contributed by atoms with van der Waals surface area (Å²) in [6.45, 7) is 0.138. The fourth-order valence-corrected chi connectivity index (χ4v) is 2.70. The van der Waals surface area contributed by atoms with Gasteiger partial charge in [-0.25, -0.2) is 4.79 Å². The molecule has 1 aromatic heterocycles. The van der Waals surface area contributed by atoms with E-state index < -0.39 is 23.9 Å². The lowest BCUT2D eigenvalue weighted by Crippen LogP contribution is -2.31.